The zero-order valence-electron chi connectivity index (χ0n) is 16.2. The van der Waals surface area contributed by atoms with Crippen molar-refractivity contribution in [1.82, 2.24) is 16.0 Å². The topological polar surface area (TPSA) is 147 Å². The summed E-state index contributed by atoms with van der Waals surface area (Å²) in [7, 11) is 3.50. The molecule has 0 aromatic heterocycles. The van der Waals surface area contributed by atoms with Crippen molar-refractivity contribution in [2.45, 2.75) is 87.3 Å². The Balaban J connectivity index is 1.86. The average Bonchev–Trinajstić information content (AvgIpc) is 2.61. The van der Waals surface area contributed by atoms with Gasteiger partial charge in [0, 0.05) is 6.04 Å². The highest BCUT2D eigenvalue weighted by atomic mass is 16.8. The van der Waals surface area contributed by atoms with E-state index in [9.17, 15) is 15.0 Å². The molecule has 0 radical (unpaired) electrons. The third-order valence-corrected chi connectivity index (χ3v) is 5.80. The molecular weight excluding hydrogens is 356 g/mol. The predicted molar refractivity (Wildman–Crippen MR) is 95.5 cm³/mol. The number of carbonyl (C=O) groups excluding carboxylic acids is 1. The number of likely N-dealkylation sites (N-methyl/N-ethyl adjacent to an activating group) is 2. The maximum atomic E-state index is 12.1. The van der Waals surface area contributed by atoms with Crippen molar-refractivity contribution in [3.8, 4) is 0 Å². The number of ether oxygens (including phenoxy) is 3. The first-order chi connectivity index (χ1) is 12.7. The zero-order chi connectivity index (χ0) is 19.9. The maximum Gasteiger partial charge on any atom is 0.239 e. The summed E-state index contributed by atoms with van der Waals surface area (Å²) in [6.45, 7) is 3.41. The van der Waals surface area contributed by atoms with Crippen molar-refractivity contribution in [3.05, 3.63) is 0 Å². The minimum absolute atomic E-state index is 0.187. The second-order valence-electron chi connectivity index (χ2n) is 7.81. The van der Waals surface area contributed by atoms with Crippen LogP contribution in [0.5, 0.6) is 0 Å². The minimum atomic E-state index is -1.88. The first kappa shape index (κ1) is 20.9. The number of hydrogen-bond acceptors (Lipinski definition) is 9. The molecule has 3 aliphatic rings. The first-order valence-corrected chi connectivity index (χ1v) is 9.50. The Hall–Kier alpha value is -0.850. The average molecular weight is 388 g/mol. The molecule has 10 heteroatoms. The van der Waals surface area contributed by atoms with Gasteiger partial charge in [0.2, 0.25) is 18.0 Å². The lowest BCUT2D eigenvalue weighted by Crippen LogP contribution is -2.76. The number of nitrogens with two attached hydrogens (primary N) is 1. The molecule has 1 saturated carbocycles. The van der Waals surface area contributed by atoms with E-state index in [1.165, 1.54) is 0 Å². The molecule has 3 unspecified atom stereocenters. The van der Waals surface area contributed by atoms with E-state index >= 15 is 0 Å². The standard InChI is InChI=1S/C17H32N4O6/c1-7-5-11(21-15(23)8(2)18)17(24)16(25-7)26-10-6-9(19-3)13(22)12(20-4)14(10)27-17/h7-14,16,19-20,22,24H,5-6,18H2,1-4H3,(H,21,23)/t7-,8+,9+,10?,11-,12+,13+,14?,16?,17+/m1/s1. The third kappa shape index (κ3) is 3.73. The van der Waals surface area contributed by atoms with Gasteiger partial charge in [0.1, 0.15) is 6.10 Å². The Morgan fingerprint density at radius 1 is 1.26 bits per heavy atom. The van der Waals surface area contributed by atoms with Crippen LogP contribution >= 0.6 is 0 Å². The van der Waals surface area contributed by atoms with Gasteiger partial charge in [-0.2, -0.15) is 0 Å². The van der Waals surface area contributed by atoms with Gasteiger partial charge in [0.15, 0.2) is 0 Å². The minimum Gasteiger partial charge on any atom is -0.390 e. The highest BCUT2D eigenvalue weighted by molar-refractivity contribution is 5.81. The normalized spacial score (nSPS) is 48.3. The first-order valence-electron chi connectivity index (χ1n) is 9.50. The van der Waals surface area contributed by atoms with E-state index < -0.39 is 48.3 Å². The molecule has 1 amide bonds. The molecule has 10 atom stereocenters. The summed E-state index contributed by atoms with van der Waals surface area (Å²) < 4.78 is 18.0. The van der Waals surface area contributed by atoms with Crippen molar-refractivity contribution in [2.75, 3.05) is 14.1 Å². The molecule has 3 fully saturated rings. The van der Waals surface area contributed by atoms with E-state index in [0.717, 1.165) is 0 Å². The Morgan fingerprint density at radius 2 is 1.96 bits per heavy atom. The molecular formula is C17H32N4O6. The van der Waals surface area contributed by atoms with Crippen molar-refractivity contribution in [3.63, 3.8) is 0 Å². The lowest BCUT2D eigenvalue weighted by molar-refractivity contribution is -0.442. The molecule has 0 aromatic carbocycles. The van der Waals surface area contributed by atoms with Gasteiger partial charge in [0.05, 0.1) is 36.4 Å². The zero-order valence-corrected chi connectivity index (χ0v) is 16.2. The second kappa shape index (κ2) is 7.88. The Bertz CT molecular complexity index is 552. The molecule has 10 nitrogen and oxygen atoms in total. The van der Waals surface area contributed by atoms with Crippen LogP contribution in [-0.4, -0.2) is 90.9 Å². The SMILES string of the molecule is CN[C@H]1CC2OC3O[C@H](C)C[C@@H](NC(=O)[C@H](C)N)[C@]3(O)OC2[C@@H](NC)[C@H]1O. The van der Waals surface area contributed by atoms with Crippen LogP contribution in [0, 0.1) is 0 Å². The molecule has 27 heavy (non-hydrogen) atoms. The fourth-order valence-corrected chi connectivity index (χ4v) is 4.24. The number of carbonyl (C=O) groups is 1. The van der Waals surface area contributed by atoms with Gasteiger partial charge >= 0.3 is 0 Å². The largest absolute Gasteiger partial charge is 0.390 e. The summed E-state index contributed by atoms with van der Waals surface area (Å²) in [6.07, 6.45) is -2.18. The molecule has 0 bridgehead atoms. The Kier molecular flexibility index (Phi) is 6.09. The van der Waals surface area contributed by atoms with Crippen LogP contribution in [0.25, 0.3) is 0 Å². The molecule has 156 valence electrons. The summed E-state index contributed by atoms with van der Waals surface area (Å²) in [5.74, 6) is -2.27. The van der Waals surface area contributed by atoms with E-state index in [2.05, 4.69) is 16.0 Å². The fraction of sp³-hybridized carbons (Fsp3) is 0.941. The van der Waals surface area contributed by atoms with Gasteiger partial charge in [-0.1, -0.05) is 0 Å². The monoisotopic (exact) mass is 388 g/mol. The van der Waals surface area contributed by atoms with E-state index in [1.807, 2.05) is 6.92 Å². The summed E-state index contributed by atoms with van der Waals surface area (Å²) >= 11 is 0. The number of amides is 1. The highest BCUT2D eigenvalue weighted by Crippen LogP contribution is 2.41. The van der Waals surface area contributed by atoms with Gasteiger partial charge in [-0.15, -0.1) is 0 Å². The van der Waals surface area contributed by atoms with Crippen molar-refractivity contribution >= 4 is 5.91 Å². The molecule has 1 aliphatic carbocycles. The van der Waals surface area contributed by atoms with Crippen molar-refractivity contribution in [1.29, 1.82) is 0 Å². The molecule has 0 spiro atoms. The number of fused-ring (bicyclic) bond motifs is 2. The fourth-order valence-electron chi connectivity index (χ4n) is 4.24. The van der Waals surface area contributed by atoms with Crippen LogP contribution in [0.3, 0.4) is 0 Å². The molecule has 0 aromatic rings. The van der Waals surface area contributed by atoms with E-state index in [-0.39, 0.29) is 18.2 Å². The number of aliphatic hydroxyl groups is 2. The van der Waals surface area contributed by atoms with Crippen molar-refractivity contribution < 1.29 is 29.2 Å². The smallest absolute Gasteiger partial charge is 0.239 e. The summed E-state index contributed by atoms with van der Waals surface area (Å²) in [5, 5.41) is 30.8. The molecule has 7 N–H and O–H groups in total. The highest BCUT2D eigenvalue weighted by Gasteiger charge is 2.61. The Labute approximate surface area is 159 Å². The van der Waals surface area contributed by atoms with E-state index in [0.29, 0.717) is 12.8 Å². The van der Waals surface area contributed by atoms with Crippen LogP contribution in [0.1, 0.15) is 26.7 Å². The van der Waals surface area contributed by atoms with E-state index in [4.69, 9.17) is 19.9 Å². The summed E-state index contributed by atoms with van der Waals surface area (Å²) in [6, 6.07) is -2.12. The van der Waals surface area contributed by atoms with Crippen molar-refractivity contribution in [2.24, 2.45) is 5.73 Å². The number of hydrogen-bond donors (Lipinski definition) is 6. The Morgan fingerprint density at radius 3 is 2.56 bits per heavy atom. The van der Waals surface area contributed by atoms with Crippen LogP contribution in [0.4, 0.5) is 0 Å². The maximum absolute atomic E-state index is 12.1. The second-order valence-corrected chi connectivity index (χ2v) is 7.81. The molecule has 2 saturated heterocycles. The third-order valence-electron chi connectivity index (χ3n) is 5.80. The molecule has 2 aliphatic heterocycles. The van der Waals surface area contributed by atoms with Gasteiger partial charge in [-0.3, -0.25) is 4.79 Å². The summed E-state index contributed by atoms with van der Waals surface area (Å²) in [4.78, 5) is 12.1. The number of nitrogens with one attached hydrogen (secondary N) is 3. The lowest BCUT2D eigenvalue weighted by atomic mass is 9.81. The van der Waals surface area contributed by atoms with E-state index in [1.54, 1.807) is 21.0 Å². The molecule has 2 heterocycles. The van der Waals surface area contributed by atoms with Crippen LogP contribution in [0.2, 0.25) is 0 Å². The van der Waals surface area contributed by atoms with Gasteiger partial charge in [-0.25, -0.2) is 0 Å². The van der Waals surface area contributed by atoms with Gasteiger partial charge in [0.25, 0.3) is 0 Å². The van der Waals surface area contributed by atoms with Crippen LogP contribution in [0.15, 0.2) is 0 Å². The molecule has 3 rings (SSSR count). The quantitative estimate of drug-likeness (QED) is 0.304. The lowest BCUT2D eigenvalue weighted by Gasteiger charge is -2.56. The van der Waals surface area contributed by atoms with Crippen LogP contribution < -0.4 is 21.7 Å². The van der Waals surface area contributed by atoms with Gasteiger partial charge < -0.3 is 46.1 Å². The van der Waals surface area contributed by atoms with Gasteiger partial charge in [-0.05, 0) is 40.8 Å². The number of rotatable bonds is 4. The predicted octanol–water partition coefficient (Wildman–Crippen LogP) is -2.63. The van der Waals surface area contributed by atoms with Crippen LogP contribution in [-0.2, 0) is 19.0 Å². The number of aliphatic hydroxyl groups excluding tert-OH is 1. The summed E-state index contributed by atoms with van der Waals surface area (Å²) in [5.41, 5.74) is 5.65.